The van der Waals surface area contributed by atoms with Crippen molar-refractivity contribution in [3.8, 4) is 5.75 Å². The first-order valence-corrected chi connectivity index (χ1v) is 18.3. The molecule has 4 aromatic carbocycles. The van der Waals surface area contributed by atoms with E-state index in [0.29, 0.717) is 45.0 Å². The van der Waals surface area contributed by atoms with Crippen molar-refractivity contribution in [2.45, 2.75) is 36.5 Å². The van der Waals surface area contributed by atoms with Gasteiger partial charge >= 0.3 is 12.4 Å². The van der Waals surface area contributed by atoms with Crippen LogP contribution in [0.25, 0.3) is 5.57 Å². The molecule has 3 aliphatic carbocycles. The van der Waals surface area contributed by atoms with Gasteiger partial charge in [-0.25, -0.2) is 4.90 Å². The zero-order chi connectivity index (χ0) is 40.4. The SMILES string of the molecule is O=C1C(c2ccccc2)=CC(=O)[C@@]2(c3ccccc3)[C@@H](c3ccc(OCCO)cc3)C3=CC[C@@H]4C(=O)N(c5cc(C(F)(F)F)cc(C(F)(F)F)c5)C(=O)[C@@H]4[C@@H]3C[C@@H]12. The lowest BCUT2D eigenvalue weighted by molar-refractivity contribution is -0.143. The second-order valence-electron chi connectivity index (χ2n) is 14.7. The quantitative estimate of drug-likeness (QED) is 0.116. The highest BCUT2D eigenvalue weighted by molar-refractivity contribution is 6.32. The third kappa shape index (κ3) is 6.19. The lowest BCUT2D eigenvalue weighted by Gasteiger charge is -2.55. The maximum absolute atomic E-state index is 15.1. The standard InChI is InChI=1S/C44H33F6NO6/c45-43(46,47)27-19-28(44(48,49)50)21-29(20-27)51-40(55)32-16-15-31-34(37(32)41(51)56)22-35-39(54)33(24-7-3-1-4-8-24)23-36(53)42(35,26-9-5-2-6-10-26)38(31)25-11-13-30(14-12-25)57-18-17-52/h1-15,19-21,23,32,34-35,37-38,52H,16-18,22H2/t32-,34+,35-,37-,38-,42-/m0/s1. The molecule has 2 amide bonds. The van der Waals surface area contributed by atoms with E-state index in [1.165, 1.54) is 6.08 Å². The summed E-state index contributed by atoms with van der Waals surface area (Å²) in [6, 6.07) is 24.8. The number of nitrogens with zero attached hydrogens (tertiary/aromatic N) is 1. The number of Topliss-reactive ketones (excluding diaryl/α,β-unsaturated/α-hetero) is 1. The van der Waals surface area contributed by atoms with E-state index in [4.69, 9.17) is 4.74 Å². The van der Waals surface area contributed by atoms with E-state index >= 15 is 9.59 Å². The molecule has 292 valence electrons. The van der Waals surface area contributed by atoms with Gasteiger partial charge in [-0.1, -0.05) is 84.4 Å². The van der Waals surface area contributed by atoms with Crippen LogP contribution in [0.1, 0.15) is 46.6 Å². The molecule has 1 aliphatic heterocycles. The Morgan fingerprint density at radius 1 is 0.754 bits per heavy atom. The largest absolute Gasteiger partial charge is 0.491 e. The average molecular weight is 786 g/mol. The summed E-state index contributed by atoms with van der Waals surface area (Å²) < 4.78 is 89.2. The van der Waals surface area contributed by atoms with Gasteiger partial charge in [-0.2, -0.15) is 26.3 Å². The van der Waals surface area contributed by atoms with Crippen LogP contribution in [-0.2, 0) is 36.9 Å². The number of halogens is 6. The molecule has 1 N–H and O–H groups in total. The Balaban J connectivity index is 1.31. The molecule has 4 aliphatic rings. The van der Waals surface area contributed by atoms with E-state index in [1.54, 1.807) is 91.0 Å². The predicted octanol–water partition coefficient (Wildman–Crippen LogP) is 8.12. The van der Waals surface area contributed by atoms with E-state index < -0.39 is 76.0 Å². The predicted molar refractivity (Wildman–Crippen MR) is 195 cm³/mol. The van der Waals surface area contributed by atoms with Gasteiger partial charge in [-0.15, -0.1) is 0 Å². The maximum Gasteiger partial charge on any atom is 0.416 e. The van der Waals surface area contributed by atoms with Gasteiger partial charge in [0.15, 0.2) is 11.6 Å². The van der Waals surface area contributed by atoms with Crippen molar-refractivity contribution in [2.75, 3.05) is 18.1 Å². The topological polar surface area (TPSA) is 101 Å². The number of allylic oxidation sites excluding steroid dienone is 4. The number of amides is 2. The second-order valence-corrected chi connectivity index (χ2v) is 14.7. The average Bonchev–Trinajstić information content (AvgIpc) is 3.46. The van der Waals surface area contributed by atoms with Crippen LogP contribution in [0.3, 0.4) is 0 Å². The first kappa shape index (κ1) is 38.1. The lowest BCUT2D eigenvalue weighted by Crippen LogP contribution is -2.58. The van der Waals surface area contributed by atoms with Crippen molar-refractivity contribution in [1.82, 2.24) is 0 Å². The summed E-state index contributed by atoms with van der Waals surface area (Å²) in [7, 11) is 0. The molecule has 1 heterocycles. The summed E-state index contributed by atoms with van der Waals surface area (Å²) in [4.78, 5) is 59.3. The van der Waals surface area contributed by atoms with Crippen LogP contribution < -0.4 is 9.64 Å². The summed E-state index contributed by atoms with van der Waals surface area (Å²) >= 11 is 0. The smallest absolute Gasteiger partial charge is 0.416 e. The number of fused-ring (bicyclic) bond motifs is 4. The third-order valence-electron chi connectivity index (χ3n) is 11.8. The van der Waals surface area contributed by atoms with Gasteiger partial charge in [0.1, 0.15) is 12.4 Å². The van der Waals surface area contributed by atoms with Crippen LogP contribution in [0.4, 0.5) is 32.0 Å². The molecule has 4 aromatic rings. The molecule has 2 fully saturated rings. The van der Waals surface area contributed by atoms with Gasteiger partial charge in [-0.3, -0.25) is 19.2 Å². The summed E-state index contributed by atoms with van der Waals surface area (Å²) in [6.07, 6.45) is -7.57. The molecule has 1 saturated carbocycles. The van der Waals surface area contributed by atoms with Crippen molar-refractivity contribution in [1.29, 1.82) is 0 Å². The summed E-state index contributed by atoms with van der Waals surface area (Å²) in [5.74, 6) is -7.66. The van der Waals surface area contributed by atoms with Crippen LogP contribution in [0.15, 0.2) is 121 Å². The summed E-state index contributed by atoms with van der Waals surface area (Å²) in [6.45, 7) is -0.229. The molecule has 1 saturated heterocycles. The van der Waals surface area contributed by atoms with Crippen molar-refractivity contribution >= 4 is 34.6 Å². The van der Waals surface area contributed by atoms with Gasteiger partial charge in [0, 0.05) is 17.4 Å². The molecule has 0 unspecified atom stereocenters. The van der Waals surface area contributed by atoms with E-state index in [2.05, 4.69) is 0 Å². The Morgan fingerprint density at radius 3 is 1.96 bits per heavy atom. The summed E-state index contributed by atoms with van der Waals surface area (Å²) in [5.41, 5.74) is -3.47. The Hall–Kier alpha value is -5.82. The lowest BCUT2D eigenvalue weighted by atomic mass is 9.44. The van der Waals surface area contributed by atoms with Crippen molar-refractivity contribution in [2.24, 2.45) is 23.7 Å². The zero-order valence-corrected chi connectivity index (χ0v) is 29.9. The fourth-order valence-corrected chi connectivity index (χ4v) is 9.49. The number of alkyl halides is 6. The number of aliphatic hydroxyl groups excluding tert-OH is 1. The molecule has 13 heteroatoms. The van der Waals surface area contributed by atoms with Crippen molar-refractivity contribution in [3.05, 3.63) is 149 Å². The molecule has 0 bridgehead atoms. The number of rotatable bonds is 7. The van der Waals surface area contributed by atoms with E-state index in [0.717, 1.165) is 0 Å². The Labute approximate surface area is 322 Å². The number of hydrogen-bond acceptors (Lipinski definition) is 6. The molecule has 7 nitrogen and oxygen atoms in total. The van der Waals surface area contributed by atoms with Crippen molar-refractivity contribution < 1.29 is 55.4 Å². The molecular weight excluding hydrogens is 752 g/mol. The Bertz CT molecular complexity index is 2300. The van der Waals surface area contributed by atoms with Crippen LogP contribution in [0.2, 0.25) is 0 Å². The molecule has 8 rings (SSSR count). The number of carbonyl (C=O) groups excluding carboxylic acids is 4. The number of benzene rings is 4. The number of carbonyl (C=O) groups is 4. The number of ether oxygens (including phenoxy) is 1. The van der Waals surface area contributed by atoms with Gasteiger partial charge in [0.25, 0.3) is 0 Å². The summed E-state index contributed by atoms with van der Waals surface area (Å²) in [5, 5.41) is 9.30. The number of aliphatic hydroxyl groups is 1. The first-order valence-electron chi connectivity index (χ1n) is 18.3. The fraction of sp³-hybridized carbons (Fsp3) is 0.273. The van der Waals surface area contributed by atoms with Gasteiger partial charge in [0.2, 0.25) is 11.8 Å². The molecule has 0 aromatic heterocycles. The first-order chi connectivity index (χ1) is 27.2. The van der Waals surface area contributed by atoms with E-state index in [-0.39, 0.29) is 49.3 Å². The Morgan fingerprint density at radius 2 is 1.37 bits per heavy atom. The highest BCUT2D eigenvalue weighted by atomic mass is 19.4. The molecule has 57 heavy (non-hydrogen) atoms. The number of hydrogen-bond donors (Lipinski definition) is 1. The van der Waals surface area contributed by atoms with Gasteiger partial charge in [0.05, 0.1) is 40.7 Å². The fourth-order valence-electron chi connectivity index (χ4n) is 9.49. The minimum Gasteiger partial charge on any atom is -0.491 e. The Kier molecular flexibility index (Phi) is 9.34. The monoisotopic (exact) mass is 785 g/mol. The van der Waals surface area contributed by atoms with E-state index in [9.17, 15) is 41.0 Å². The zero-order valence-electron chi connectivity index (χ0n) is 29.9. The highest BCUT2D eigenvalue weighted by Gasteiger charge is 2.66. The maximum atomic E-state index is 15.1. The molecular formula is C44H33F6NO6. The van der Waals surface area contributed by atoms with Crippen molar-refractivity contribution in [3.63, 3.8) is 0 Å². The van der Waals surface area contributed by atoms with Crippen LogP contribution in [0, 0.1) is 23.7 Å². The van der Waals surface area contributed by atoms with E-state index in [1.807, 2.05) is 0 Å². The third-order valence-corrected chi connectivity index (χ3v) is 11.8. The van der Waals surface area contributed by atoms with Crippen LogP contribution >= 0.6 is 0 Å². The molecule has 0 spiro atoms. The minimum absolute atomic E-state index is 0.0120. The van der Waals surface area contributed by atoms with Crippen LogP contribution in [0.5, 0.6) is 5.75 Å². The van der Waals surface area contributed by atoms with Crippen LogP contribution in [-0.4, -0.2) is 41.7 Å². The molecule has 0 radical (unpaired) electrons. The second kappa shape index (κ2) is 14.0. The minimum atomic E-state index is -5.22. The molecule has 6 atom stereocenters. The number of ketones is 2. The number of anilines is 1. The normalized spacial score (nSPS) is 26.0. The number of imide groups is 1. The van der Waals surface area contributed by atoms with Gasteiger partial charge in [-0.05, 0) is 71.9 Å². The highest BCUT2D eigenvalue weighted by Crippen LogP contribution is 2.64. The van der Waals surface area contributed by atoms with Gasteiger partial charge < -0.3 is 9.84 Å².